The molecule has 0 aliphatic heterocycles. The second kappa shape index (κ2) is 5.64. The predicted octanol–water partition coefficient (Wildman–Crippen LogP) is 2.82. The SMILES string of the molecule is C/C(=N/Nc1c(F)c(F)nc(F)c1F)c1c(C)nsc1N. The van der Waals surface area contributed by atoms with Gasteiger partial charge in [-0.25, -0.2) is 0 Å². The Bertz CT molecular complexity index is 682. The molecule has 2 rings (SSSR count). The van der Waals surface area contributed by atoms with Crippen molar-refractivity contribution in [3.8, 4) is 0 Å². The molecule has 2 aromatic rings. The summed E-state index contributed by atoms with van der Waals surface area (Å²) in [5, 5.41) is 4.04. The Balaban J connectivity index is 2.38. The number of pyridine rings is 1. The van der Waals surface area contributed by atoms with Gasteiger partial charge in [-0.05, 0) is 25.4 Å². The minimum atomic E-state index is -1.77. The maximum absolute atomic E-state index is 13.4. The lowest BCUT2D eigenvalue weighted by molar-refractivity contribution is 0.411. The van der Waals surface area contributed by atoms with Crippen molar-refractivity contribution in [2.45, 2.75) is 13.8 Å². The molecule has 0 aromatic carbocycles. The first-order chi connectivity index (χ1) is 9.82. The lowest BCUT2D eigenvalue weighted by Gasteiger charge is -2.06. The average molecular weight is 319 g/mol. The average Bonchev–Trinajstić information content (AvgIpc) is 2.76. The van der Waals surface area contributed by atoms with Gasteiger partial charge >= 0.3 is 0 Å². The molecule has 0 saturated heterocycles. The number of nitrogen functional groups attached to an aromatic ring is 1. The number of anilines is 2. The Morgan fingerprint density at radius 2 is 1.76 bits per heavy atom. The molecule has 2 aromatic heterocycles. The first-order valence-electron chi connectivity index (χ1n) is 5.55. The van der Waals surface area contributed by atoms with Crippen LogP contribution in [-0.2, 0) is 0 Å². The van der Waals surface area contributed by atoms with E-state index in [0.29, 0.717) is 16.3 Å². The fraction of sp³-hybridized carbons (Fsp3) is 0.182. The molecule has 21 heavy (non-hydrogen) atoms. The van der Waals surface area contributed by atoms with Crippen LogP contribution in [0.5, 0.6) is 0 Å². The normalized spacial score (nSPS) is 11.8. The molecule has 0 fully saturated rings. The summed E-state index contributed by atoms with van der Waals surface area (Å²) in [6.45, 7) is 3.18. The number of hydrogen-bond donors (Lipinski definition) is 2. The van der Waals surface area contributed by atoms with Crippen molar-refractivity contribution in [1.82, 2.24) is 9.36 Å². The predicted molar refractivity (Wildman–Crippen MR) is 71.2 cm³/mol. The number of halogens is 4. The minimum Gasteiger partial charge on any atom is -0.389 e. The smallest absolute Gasteiger partial charge is 0.254 e. The molecule has 0 radical (unpaired) electrons. The highest BCUT2D eigenvalue weighted by atomic mass is 32.1. The number of hydrogen-bond acceptors (Lipinski definition) is 6. The standard InChI is InChI=1S/C11H9F4N5S/c1-3(5-4(2)20-21-11(5)16)18-19-8-6(12)9(14)17-10(15)7(8)13/h16H2,1-2H3,(H,17,19)/b18-3-. The number of rotatable bonds is 3. The van der Waals surface area contributed by atoms with E-state index < -0.39 is 29.2 Å². The molecule has 0 atom stereocenters. The number of nitrogens with one attached hydrogen (secondary N) is 1. The molecule has 10 heteroatoms. The van der Waals surface area contributed by atoms with E-state index in [1.165, 1.54) is 6.92 Å². The Morgan fingerprint density at radius 1 is 1.19 bits per heavy atom. The number of nitrogens with zero attached hydrogens (tertiary/aromatic N) is 3. The third-order valence-corrected chi connectivity index (χ3v) is 3.35. The Hall–Kier alpha value is -2.23. The number of nitrogens with two attached hydrogens (primary N) is 1. The number of aromatic nitrogens is 2. The summed E-state index contributed by atoms with van der Waals surface area (Å²) >= 11 is 1.03. The van der Waals surface area contributed by atoms with Crippen LogP contribution in [0.1, 0.15) is 18.2 Å². The van der Waals surface area contributed by atoms with E-state index in [-0.39, 0.29) is 5.71 Å². The van der Waals surface area contributed by atoms with Crippen LogP contribution >= 0.6 is 11.5 Å². The van der Waals surface area contributed by atoms with Crippen LogP contribution < -0.4 is 11.2 Å². The zero-order valence-corrected chi connectivity index (χ0v) is 11.7. The third kappa shape index (κ3) is 2.79. The Morgan fingerprint density at radius 3 is 2.24 bits per heavy atom. The second-order valence-electron chi connectivity index (χ2n) is 4.01. The van der Waals surface area contributed by atoms with Crippen molar-refractivity contribution in [2.75, 3.05) is 11.2 Å². The van der Waals surface area contributed by atoms with E-state index in [2.05, 4.69) is 14.5 Å². The molecule has 5 nitrogen and oxygen atoms in total. The monoisotopic (exact) mass is 319 g/mol. The molecule has 0 bridgehead atoms. The summed E-state index contributed by atoms with van der Waals surface area (Å²) < 4.78 is 56.6. The van der Waals surface area contributed by atoms with Gasteiger partial charge in [-0.1, -0.05) is 0 Å². The Kier molecular flexibility index (Phi) is 4.07. The first kappa shape index (κ1) is 15.2. The largest absolute Gasteiger partial charge is 0.389 e. The van der Waals surface area contributed by atoms with Crippen LogP contribution in [0.4, 0.5) is 28.3 Å². The van der Waals surface area contributed by atoms with Crippen molar-refractivity contribution in [1.29, 1.82) is 0 Å². The molecule has 0 saturated carbocycles. The van der Waals surface area contributed by atoms with Crippen molar-refractivity contribution >= 4 is 27.9 Å². The fourth-order valence-electron chi connectivity index (χ4n) is 1.61. The lowest BCUT2D eigenvalue weighted by atomic mass is 10.2. The van der Waals surface area contributed by atoms with Crippen LogP contribution in [0.25, 0.3) is 0 Å². The minimum absolute atomic E-state index is 0.259. The highest BCUT2D eigenvalue weighted by molar-refractivity contribution is 7.10. The molecule has 3 N–H and O–H groups in total. The number of hydrazone groups is 1. The van der Waals surface area contributed by atoms with Crippen LogP contribution in [-0.4, -0.2) is 15.1 Å². The van der Waals surface area contributed by atoms with E-state index in [0.717, 1.165) is 11.5 Å². The molecule has 2 heterocycles. The van der Waals surface area contributed by atoms with E-state index in [1.807, 2.05) is 5.43 Å². The quantitative estimate of drug-likeness (QED) is 0.395. The van der Waals surface area contributed by atoms with Gasteiger partial charge in [-0.3, -0.25) is 5.43 Å². The highest BCUT2D eigenvalue weighted by Crippen LogP contribution is 2.24. The first-order valence-corrected chi connectivity index (χ1v) is 6.32. The summed E-state index contributed by atoms with van der Waals surface area (Å²) in [7, 11) is 0. The topological polar surface area (TPSA) is 76.2 Å². The fourth-order valence-corrected chi connectivity index (χ4v) is 2.32. The van der Waals surface area contributed by atoms with Gasteiger partial charge in [0.15, 0.2) is 0 Å². The molecule has 112 valence electrons. The number of aryl methyl sites for hydroxylation is 1. The summed E-state index contributed by atoms with van der Waals surface area (Å²) in [5.74, 6) is -6.87. The van der Waals surface area contributed by atoms with Crippen molar-refractivity contribution in [2.24, 2.45) is 5.10 Å². The zero-order chi connectivity index (χ0) is 15.7. The molecule has 0 aliphatic rings. The van der Waals surface area contributed by atoms with Crippen LogP contribution in [0.3, 0.4) is 0 Å². The third-order valence-electron chi connectivity index (χ3n) is 2.58. The van der Waals surface area contributed by atoms with E-state index in [1.54, 1.807) is 6.92 Å². The molecule has 0 amide bonds. The molecule has 0 unspecified atom stereocenters. The summed E-state index contributed by atoms with van der Waals surface area (Å²) in [6.07, 6.45) is 0. The van der Waals surface area contributed by atoms with Gasteiger partial charge in [0.25, 0.3) is 11.9 Å². The molecule has 0 aliphatic carbocycles. The van der Waals surface area contributed by atoms with Gasteiger partial charge in [-0.15, -0.1) is 0 Å². The van der Waals surface area contributed by atoms with Crippen LogP contribution in [0, 0.1) is 30.5 Å². The van der Waals surface area contributed by atoms with Gasteiger partial charge in [0.1, 0.15) is 10.7 Å². The van der Waals surface area contributed by atoms with Crippen molar-refractivity contribution < 1.29 is 17.6 Å². The second-order valence-corrected chi connectivity index (χ2v) is 4.82. The zero-order valence-electron chi connectivity index (χ0n) is 10.8. The van der Waals surface area contributed by atoms with Crippen molar-refractivity contribution in [3.63, 3.8) is 0 Å². The van der Waals surface area contributed by atoms with Gasteiger partial charge in [0.05, 0.1) is 17.0 Å². The van der Waals surface area contributed by atoms with E-state index >= 15 is 0 Å². The summed E-state index contributed by atoms with van der Waals surface area (Å²) in [6, 6.07) is 0. The van der Waals surface area contributed by atoms with Crippen LogP contribution in [0.2, 0.25) is 0 Å². The maximum atomic E-state index is 13.4. The van der Waals surface area contributed by atoms with Crippen LogP contribution in [0.15, 0.2) is 5.10 Å². The summed E-state index contributed by atoms with van der Waals surface area (Å²) in [5.41, 5.74) is 7.89. The maximum Gasteiger partial charge on any atom is 0.254 e. The van der Waals surface area contributed by atoms with Gasteiger partial charge in [0, 0.05) is 0 Å². The molecular weight excluding hydrogens is 310 g/mol. The summed E-state index contributed by atoms with van der Waals surface area (Å²) in [4.78, 5) is 2.44. The molecular formula is C11H9F4N5S. The van der Waals surface area contributed by atoms with Gasteiger partial charge in [0.2, 0.25) is 11.6 Å². The van der Waals surface area contributed by atoms with Gasteiger partial charge < -0.3 is 5.73 Å². The van der Waals surface area contributed by atoms with Gasteiger partial charge in [-0.2, -0.15) is 32.0 Å². The van der Waals surface area contributed by atoms with E-state index in [9.17, 15) is 17.6 Å². The Labute approximate surface area is 120 Å². The lowest BCUT2D eigenvalue weighted by Crippen LogP contribution is -2.08. The highest BCUT2D eigenvalue weighted by Gasteiger charge is 2.21. The van der Waals surface area contributed by atoms with Crippen molar-refractivity contribution in [3.05, 3.63) is 34.8 Å². The molecule has 0 spiro atoms. The van der Waals surface area contributed by atoms with E-state index in [4.69, 9.17) is 5.73 Å².